The van der Waals surface area contributed by atoms with Crippen LogP contribution in [0.2, 0.25) is 0 Å². The van der Waals surface area contributed by atoms with Gasteiger partial charge in [0.15, 0.2) is 0 Å². The topological polar surface area (TPSA) is 18.5 Å². The molecule has 0 aliphatic rings. The molecule has 0 saturated heterocycles. The molecule has 1 aromatic carbocycles. The molecule has 0 unspecified atom stereocenters. The van der Waals surface area contributed by atoms with Gasteiger partial charge in [-0.25, -0.2) is 0 Å². The lowest BCUT2D eigenvalue weighted by molar-refractivity contribution is 0.334. The summed E-state index contributed by atoms with van der Waals surface area (Å²) in [7, 11) is 0. The normalized spacial score (nSPS) is 9.69. The van der Waals surface area contributed by atoms with Gasteiger partial charge < -0.3 is 9.47 Å². The van der Waals surface area contributed by atoms with Crippen molar-refractivity contribution in [2.45, 2.75) is 13.8 Å². The molecule has 13 heavy (non-hydrogen) atoms. The molecule has 1 radical (unpaired) electrons. The van der Waals surface area contributed by atoms with Gasteiger partial charge in [-0.1, -0.05) is 6.92 Å². The Morgan fingerprint density at radius 2 is 1.62 bits per heavy atom. The molecule has 0 fully saturated rings. The summed E-state index contributed by atoms with van der Waals surface area (Å²) in [5, 5.41) is 0. The monoisotopic (exact) mass is 179 g/mol. The molecule has 0 aliphatic heterocycles. The maximum absolute atomic E-state index is 5.38. The van der Waals surface area contributed by atoms with Crippen LogP contribution in [-0.2, 0) is 0 Å². The van der Waals surface area contributed by atoms with Crippen molar-refractivity contribution in [1.82, 2.24) is 0 Å². The Morgan fingerprint density at radius 1 is 1.08 bits per heavy atom. The molecular weight excluding hydrogens is 164 g/mol. The third-order valence-electron chi connectivity index (χ3n) is 1.55. The average molecular weight is 179 g/mol. The van der Waals surface area contributed by atoms with Crippen LogP contribution in [-0.4, -0.2) is 13.2 Å². The molecule has 0 heterocycles. The molecule has 0 amide bonds. The van der Waals surface area contributed by atoms with Gasteiger partial charge in [0.05, 0.1) is 13.2 Å². The highest BCUT2D eigenvalue weighted by molar-refractivity contribution is 5.31. The first-order chi connectivity index (χ1) is 6.36. The Labute approximate surface area is 79.5 Å². The predicted molar refractivity (Wildman–Crippen MR) is 53.1 cm³/mol. The van der Waals surface area contributed by atoms with E-state index in [2.05, 4.69) is 0 Å². The Kier molecular flexibility index (Phi) is 4.16. The number of rotatable bonds is 5. The van der Waals surface area contributed by atoms with Gasteiger partial charge in [0.1, 0.15) is 11.5 Å². The van der Waals surface area contributed by atoms with E-state index in [1.807, 2.05) is 44.5 Å². The minimum Gasteiger partial charge on any atom is -0.494 e. The zero-order valence-corrected chi connectivity index (χ0v) is 8.12. The Bertz CT molecular complexity index is 228. The van der Waals surface area contributed by atoms with Gasteiger partial charge in [-0.2, -0.15) is 0 Å². The van der Waals surface area contributed by atoms with Gasteiger partial charge >= 0.3 is 0 Å². The van der Waals surface area contributed by atoms with Crippen LogP contribution >= 0.6 is 0 Å². The van der Waals surface area contributed by atoms with Crippen molar-refractivity contribution in [3.63, 3.8) is 0 Å². The zero-order valence-electron chi connectivity index (χ0n) is 8.12. The van der Waals surface area contributed by atoms with Crippen molar-refractivity contribution in [3.05, 3.63) is 30.7 Å². The first-order valence-corrected chi connectivity index (χ1v) is 4.50. The van der Waals surface area contributed by atoms with Crippen LogP contribution in [0.3, 0.4) is 0 Å². The van der Waals surface area contributed by atoms with Gasteiger partial charge in [0.2, 0.25) is 0 Å². The first-order valence-electron chi connectivity index (χ1n) is 4.50. The summed E-state index contributed by atoms with van der Waals surface area (Å²) in [6.07, 6.45) is 1.97. The molecule has 0 aromatic heterocycles. The van der Waals surface area contributed by atoms with Gasteiger partial charge in [0.25, 0.3) is 0 Å². The van der Waals surface area contributed by atoms with E-state index in [4.69, 9.17) is 9.47 Å². The van der Waals surface area contributed by atoms with Crippen LogP contribution in [0.25, 0.3) is 0 Å². The largest absolute Gasteiger partial charge is 0.494 e. The van der Waals surface area contributed by atoms with Crippen molar-refractivity contribution in [1.29, 1.82) is 0 Å². The lowest BCUT2D eigenvalue weighted by Crippen LogP contribution is -1.96. The Hall–Kier alpha value is -1.18. The lowest BCUT2D eigenvalue weighted by atomic mass is 10.3. The molecule has 0 saturated carbocycles. The molecule has 1 rings (SSSR count). The number of ether oxygens (including phenoxy) is 2. The molecule has 0 bridgehead atoms. The molecular formula is C11H15O2. The Morgan fingerprint density at radius 3 is 2.08 bits per heavy atom. The predicted octanol–water partition coefficient (Wildman–Crippen LogP) is 2.69. The molecule has 1 aromatic rings. The number of benzene rings is 1. The quantitative estimate of drug-likeness (QED) is 0.691. The van der Waals surface area contributed by atoms with Crippen LogP contribution in [0.15, 0.2) is 24.3 Å². The van der Waals surface area contributed by atoms with Crippen molar-refractivity contribution < 1.29 is 9.47 Å². The van der Waals surface area contributed by atoms with E-state index in [1.165, 1.54) is 0 Å². The van der Waals surface area contributed by atoms with Gasteiger partial charge in [-0.3, -0.25) is 0 Å². The summed E-state index contributed by atoms with van der Waals surface area (Å²) in [6, 6.07) is 7.64. The van der Waals surface area contributed by atoms with Gasteiger partial charge in [0, 0.05) is 0 Å². The van der Waals surface area contributed by atoms with Crippen LogP contribution in [0.4, 0.5) is 0 Å². The molecule has 0 N–H and O–H groups in total. The van der Waals surface area contributed by atoms with E-state index in [1.54, 1.807) is 0 Å². The minimum absolute atomic E-state index is 0.647. The smallest absolute Gasteiger partial charge is 0.119 e. The number of hydrogen-bond donors (Lipinski definition) is 0. The van der Waals surface area contributed by atoms with Gasteiger partial charge in [-0.15, -0.1) is 0 Å². The average Bonchev–Trinajstić information content (AvgIpc) is 2.17. The fourth-order valence-corrected chi connectivity index (χ4v) is 0.978. The first kappa shape index (κ1) is 9.90. The van der Waals surface area contributed by atoms with Crippen LogP contribution in [0.1, 0.15) is 13.8 Å². The third kappa shape index (κ3) is 3.36. The van der Waals surface area contributed by atoms with Gasteiger partial charge in [-0.05, 0) is 37.6 Å². The maximum Gasteiger partial charge on any atom is 0.119 e. The highest BCUT2D eigenvalue weighted by atomic mass is 16.5. The van der Waals surface area contributed by atoms with Crippen molar-refractivity contribution >= 4 is 0 Å². The zero-order chi connectivity index (χ0) is 9.52. The van der Waals surface area contributed by atoms with Crippen molar-refractivity contribution in [3.8, 4) is 11.5 Å². The molecule has 0 spiro atoms. The molecule has 2 nitrogen and oxygen atoms in total. The van der Waals surface area contributed by atoms with Crippen LogP contribution < -0.4 is 9.47 Å². The highest BCUT2D eigenvalue weighted by Gasteiger charge is 1.94. The van der Waals surface area contributed by atoms with Crippen molar-refractivity contribution in [2.24, 2.45) is 0 Å². The molecule has 71 valence electrons. The van der Waals surface area contributed by atoms with Crippen LogP contribution in [0, 0.1) is 6.42 Å². The summed E-state index contributed by atoms with van der Waals surface area (Å²) < 4.78 is 10.7. The number of hydrogen-bond acceptors (Lipinski definition) is 2. The van der Waals surface area contributed by atoms with Crippen LogP contribution in [0.5, 0.6) is 11.5 Å². The fraction of sp³-hybridized carbons (Fsp3) is 0.364. The van der Waals surface area contributed by atoms with E-state index in [-0.39, 0.29) is 0 Å². The summed E-state index contributed by atoms with van der Waals surface area (Å²) in [5.41, 5.74) is 0. The van der Waals surface area contributed by atoms with E-state index in [9.17, 15) is 0 Å². The van der Waals surface area contributed by atoms with E-state index in [0.29, 0.717) is 13.2 Å². The summed E-state index contributed by atoms with van der Waals surface area (Å²) in [6.45, 7) is 5.28. The molecule has 2 heteroatoms. The maximum atomic E-state index is 5.38. The lowest BCUT2D eigenvalue weighted by Gasteiger charge is -2.05. The van der Waals surface area contributed by atoms with Crippen molar-refractivity contribution in [2.75, 3.05) is 13.2 Å². The van der Waals surface area contributed by atoms with E-state index < -0.39 is 0 Å². The van der Waals surface area contributed by atoms with E-state index in [0.717, 1.165) is 11.5 Å². The minimum atomic E-state index is 0.647. The third-order valence-corrected chi connectivity index (χ3v) is 1.55. The standard InChI is InChI=1S/C11H15O2/c1-3-9-13-11-7-5-10(6-8-11)12-4-2/h3,5-8H,4,9H2,1-2H3. The summed E-state index contributed by atoms with van der Waals surface area (Å²) >= 11 is 0. The second kappa shape index (κ2) is 5.46. The second-order valence-corrected chi connectivity index (χ2v) is 2.62. The second-order valence-electron chi connectivity index (χ2n) is 2.62. The SMILES string of the molecule is C[CH]COc1ccc(OCC)cc1. The fourth-order valence-electron chi connectivity index (χ4n) is 0.978. The summed E-state index contributed by atoms with van der Waals surface area (Å²) in [4.78, 5) is 0. The Balaban J connectivity index is 2.48. The molecule has 0 atom stereocenters. The highest BCUT2D eigenvalue weighted by Crippen LogP contribution is 2.17. The summed E-state index contributed by atoms with van der Waals surface area (Å²) in [5.74, 6) is 1.76. The molecule has 0 aliphatic carbocycles. The van der Waals surface area contributed by atoms with E-state index >= 15 is 0 Å².